The summed E-state index contributed by atoms with van der Waals surface area (Å²) in [4.78, 5) is 14.2. The van der Waals surface area contributed by atoms with Crippen LogP contribution in [0.3, 0.4) is 0 Å². The maximum absolute atomic E-state index is 15.0. The van der Waals surface area contributed by atoms with Gasteiger partial charge in [0.25, 0.3) is 5.91 Å². The summed E-state index contributed by atoms with van der Waals surface area (Å²) in [6.07, 6.45) is 6.31. The highest BCUT2D eigenvalue weighted by Gasteiger charge is 2.50. The van der Waals surface area contributed by atoms with E-state index in [9.17, 15) is 4.79 Å². The van der Waals surface area contributed by atoms with Crippen LogP contribution in [0.25, 0.3) is 0 Å². The van der Waals surface area contributed by atoms with E-state index in [2.05, 4.69) is 0 Å². The van der Waals surface area contributed by atoms with Gasteiger partial charge in [0.2, 0.25) is 5.67 Å². The van der Waals surface area contributed by atoms with E-state index in [-0.39, 0.29) is 12.3 Å². The van der Waals surface area contributed by atoms with Gasteiger partial charge in [0, 0.05) is 12.1 Å². The second kappa shape index (κ2) is 5.19. The number of para-hydroxylation sites is 1. The lowest BCUT2D eigenvalue weighted by atomic mass is 9.89. The average Bonchev–Trinajstić information content (AvgIpc) is 2.72. The molecule has 1 heterocycles. The van der Waals surface area contributed by atoms with Crippen LogP contribution in [-0.2, 0) is 10.5 Å². The zero-order chi connectivity index (χ0) is 14.2. The van der Waals surface area contributed by atoms with Crippen LogP contribution < -0.4 is 4.90 Å². The lowest BCUT2D eigenvalue weighted by Gasteiger charge is -2.28. The Kier molecular flexibility index (Phi) is 3.53. The highest BCUT2D eigenvalue weighted by Crippen LogP contribution is 2.45. The number of carbonyl (C=O) groups is 1. The third kappa shape index (κ3) is 2.04. The van der Waals surface area contributed by atoms with Gasteiger partial charge in [0.15, 0.2) is 0 Å². The van der Waals surface area contributed by atoms with Crippen LogP contribution in [-0.4, -0.2) is 12.5 Å². The molecule has 1 aliphatic carbocycles. The maximum atomic E-state index is 15.0. The summed E-state index contributed by atoms with van der Waals surface area (Å²) in [5, 5.41) is 0. The number of halogens is 1. The molecular weight excluding hydrogens is 253 g/mol. The van der Waals surface area contributed by atoms with Gasteiger partial charge in [-0.3, -0.25) is 4.79 Å². The lowest BCUT2D eigenvalue weighted by Crippen LogP contribution is -2.39. The maximum Gasteiger partial charge on any atom is 0.269 e. The Balaban J connectivity index is 1.90. The smallest absolute Gasteiger partial charge is 0.269 e. The van der Waals surface area contributed by atoms with Crippen LogP contribution in [0.15, 0.2) is 24.3 Å². The molecule has 3 rings (SSSR count). The Morgan fingerprint density at radius 1 is 1.25 bits per heavy atom. The van der Waals surface area contributed by atoms with Crippen molar-refractivity contribution in [1.82, 2.24) is 0 Å². The molecule has 0 spiro atoms. The summed E-state index contributed by atoms with van der Waals surface area (Å²) in [6, 6.07) is 7.35. The Hall–Kier alpha value is -1.38. The molecule has 1 saturated carbocycles. The number of rotatable bonds is 3. The molecule has 2 nitrogen and oxygen atoms in total. The predicted octanol–water partition coefficient (Wildman–Crippen LogP) is 4.19. The molecule has 0 saturated heterocycles. The minimum Gasteiger partial charge on any atom is -0.309 e. The fourth-order valence-corrected chi connectivity index (χ4v) is 3.63. The third-order valence-electron chi connectivity index (χ3n) is 4.86. The van der Waals surface area contributed by atoms with E-state index in [1.165, 1.54) is 19.3 Å². The van der Waals surface area contributed by atoms with Crippen molar-refractivity contribution < 1.29 is 9.18 Å². The summed E-state index contributed by atoms with van der Waals surface area (Å²) in [5.41, 5.74) is -0.471. The average molecular weight is 275 g/mol. The molecule has 0 unspecified atom stereocenters. The highest BCUT2D eigenvalue weighted by atomic mass is 19.1. The summed E-state index contributed by atoms with van der Waals surface area (Å²) in [6.45, 7) is 2.43. The van der Waals surface area contributed by atoms with Crippen LogP contribution in [0.4, 0.5) is 10.1 Å². The minimum absolute atomic E-state index is 0.212. The van der Waals surface area contributed by atoms with Gasteiger partial charge >= 0.3 is 0 Å². The molecule has 0 radical (unpaired) electrons. The Morgan fingerprint density at radius 3 is 2.65 bits per heavy atom. The van der Waals surface area contributed by atoms with Gasteiger partial charge in [-0.25, -0.2) is 4.39 Å². The number of anilines is 1. The van der Waals surface area contributed by atoms with Crippen molar-refractivity contribution in [3.63, 3.8) is 0 Å². The first kappa shape index (κ1) is 13.6. The molecule has 0 N–H and O–H groups in total. The van der Waals surface area contributed by atoms with Gasteiger partial charge in [-0.15, -0.1) is 0 Å². The van der Waals surface area contributed by atoms with Crippen molar-refractivity contribution in [2.24, 2.45) is 5.92 Å². The van der Waals surface area contributed by atoms with E-state index in [4.69, 9.17) is 0 Å². The van der Waals surface area contributed by atoms with E-state index in [0.29, 0.717) is 18.0 Å². The monoisotopic (exact) mass is 275 g/mol. The number of alkyl halides is 1. The molecule has 1 aliphatic heterocycles. The van der Waals surface area contributed by atoms with Gasteiger partial charge in [-0.1, -0.05) is 44.4 Å². The molecule has 0 aromatic heterocycles. The first-order chi connectivity index (χ1) is 9.66. The Labute approximate surface area is 120 Å². The number of nitrogens with zero attached hydrogens (tertiary/aromatic N) is 1. The zero-order valence-corrected chi connectivity index (χ0v) is 12.1. The molecule has 1 atom stereocenters. The van der Waals surface area contributed by atoms with Crippen LogP contribution in [0.5, 0.6) is 0 Å². The molecule has 0 bridgehead atoms. The quantitative estimate of drug-likeness (QED) is 0.810. The topological polar surface area (TPSA) is 20.3 Å². The molecule has 1 fully saturated rings. The fraction of sp³-hybridized carbons (Fsp3) is 0.588. The van der Waals surface area contributed by atoms with Gasteiger partial charge in [0.05, 0.1) is 5.69 Å². The summed E-state index contributed by atoms with van der Waals surface area (Å²) in [7, 11) is 0. The number of benzene rings is 1. The van der Waals surface area contributed by atoms with Gasteiger partial charge < -0.3 is 4.90 Å². The third-order valence-corrected chi connectivity index (χ3v) is 4.86. The SMILES string of the molecule is CC[C@@]1(F)C(=O)N(CC2CCCCC2)c2ccccc21. The van der Waals surface area contributed by atoms with E-state index in [1.54, 1.807) is 17.9 Å². The van der Waals surface area contributed by atoms with Crippen molar-refractivity contribution in [2.45, 2.75) is 51.1 Å². The van der Waals surface area contributed by atoms with Crippen molar-refractivity contribution in [2.75, 3.05) is 11.4 Å². The predicted molar refractivity (Wildman–Crippen MR) is 78.4 cm³/mol. The number of hydrogen-bond donors (Lipinski definition) is 0. The van der Waals surface area contributed by atoms with Gasteiger partial charge in [-0.05, 0) is 31.2 Å². The first-order valence-corrected chi connectivity index (χ1v) is 7.77. The minimum atomic E-state index is -1.81. The van der Waals surface area contributed by atoms with Crippen molar-refractivity contribution in [1.29, 1.82) is 0 Å². The number of carbonyl (C=O) groups excluding carboxylic acids is 1. The first-order valence-electron chi connectivity index (χ1n) is 7.77. The number of fused-ring (bicyclic) bond motifs is 1. The Bertz CT molecular complexity index is 509. The zero-order valence-electron chi connectivity index (χ0n) is 12.1. The number of hydrogen-bond acceptors (Lipinski definition) is 1. The van der Waals surface area contributed by atoms with Crippen molar-refractivity contribution in [3.05, 3.63) is 29.8 Å². The van der Waals surface area contributed by atoms with E-state index >= 15 is 4.39 Å². The van der Waals surface area contributed by atoms with Gasteiger partial charge in [-0.2, -0.15) is 0 Å². The van der Waals surface area contributed by atoms with Crippen LogP contribution >= 0.6 is 0 Å². The normalized spacial score (nSPS) is 26.9. The van der Waals surface area contributed by atoms with Crippen LogP contribution in [0.2, 0.25) is 0 Å². The van der Waals surface area contributed by atoms with Crippen molar-refractivity contribution >= 4 is 11.6 Å². The van der Waals surface area contributed by atoms with E-state index in [1.807, 2.05) is 18.2 Å². The molecule has 1 aromatic rings. The second-order valence-corrected chi connectivity index (χ2v) is 6.09. The van der Waals surface area contributed by atoms with E-state index in [0.717, 1.165) is 18.5 Å². The molecule has 1 amide bonds. The number of amides is 1. The molecule has 20 heavy (non-hydrogen) atoms. The van der Waals surface area contributed by atoms with Gasteiger partial charge in [0.1, 0.15) is 0 Å². The summed E-state index contributed by atoms with van der Waals surface area (Å²) >= 11 is 0. The standard InChI is InChI=1S/C17H22FNO/c1-2-17(18)14-10-6-7-11-15(14)19(16(17)20)12-13-8-4-3-5-9-13/h6-7,10-11,13H,2-5,8-9,12H2,1H3/t17-/m0/s1. The van der Waals surface area contributed by atoms with Crippen LogP contribution in [0.1, 0.15) is 51.0 Å². The summed E-state index contributed by atoms with van der Waals surface area (Å²) < 4.78 is 15.0. The molecule has 2 aliphatic rings. The Morgan fingerprint density at radius 2 is 1.95 bits per heavy atom. The highest BCUT2D eigenvalue weighted by molar-refractivity contribution is 6.06. The molecule has 3 heteroatoms. The lowest BCUT2D eigenvalue weighted by molar-refractivity contribution is -0.129. The fourth-order valence-electron chi connectivity index (χ4n) is 3.63. The largest absolute Gasteiger partial charge is 0.309 e. The second-order valence-electron chi connectivity index (χ2n) is 6.09. The van der Waals surface area contributed by atoms with E-state index < -0.39 is 5.67 Å². The molecular formula is C17H22FNO. The molecule has 1 aromatic carbocycles. The van der Waals surface area contributed by atoms with Crippen molar-refractivity contribution in [3.8, 4) is 0 Å². The van der Waals surface area contributed by atoms with Crippen LogP contribution in [0, 0.1) is 5.92 Å². The summed E-state index contributed by atoms with van der Waals surface area (Å²) in [5.74, 6) is 0.173. The molecule has 108 valence electrons.